The molecular weight excluding hydrogens is 416 g/mol. The van der Waals surface area contributed by atoms with Crippen molar-refractivity contribution in [2.24, 2.45) is 0 Å². The van der Waals surface area contributed by atoms with Crippen LogP contribution < -0.4 is 15.2 Å². The molecule has 0 N–H and O–H groups in total. The van der Waals surface area contributed by atoms with Gasteiger partial charge < -0.3 is 14.5 Å². The first-order valence-electron chi connectivity index (χ1n) is 10.9. The Morgan fingerprint density at radius 2 is 1.67 bits per heavy atom. The van der Waals surface area contributed by atoms with Crippen molar-refractivity contribution in [3.63, 3.8) is 0 Å². The molecule has 7 heteroatoms. The Hall–Kier alpha value is -4.13. The molecule has 4 aromatic rings. The van der Waals surface area contributed by atoms with Crippen molar-refractivity contribution < 1.29 is 9.53 Å². The van der Waals surface area contributed by atoms with E-state index in [1.54, 1.807) is 31.6 Å². The molecular formula is C26H24N4O3. The first-order valence-corrected chi connectivity index (χ1v) is 10.9. The van der Waals surface area contributed by atoms with Crippen molar-refractivity contribution in [3.05, 3.63) is 95.0 Å². The Bertz CT molecular complexity index is 1360. The molecule has 3 heterocycles. The van der Waals surface area contributed by atoms with E-state index in [1.165, 1.54) is 4.57 Å². The highest BCUT2D eigenvalue weighted by Crippen LogP contribution is 2.22. The smallest absolute Gasteiger partial charge is 0.262 e. The van der Waals surface area contributed by atoms with E-state index in [9.17, 15) is 9.59 Å². The van der Waals surface area contributed by atoms with Crippen molar-refractivity contribution in [2.45, 2.75) is 0 Å². The number of hydrogen-bond acceptors (Lipinski definition) is 5. The fourth-order valence-corrected chi connectivity index (χ4v) is 4.26. The lowest BCUT2D eigenvalue weighted by atomic mass is 10.1. The van der Waals surface area contributed by atoms with E-state index in [2.05, 4.69) is 9.88 Å². The summed E-state index contributed by atoms with van der Waals surface area (Å²) in [6.07, 6.45) is 3.44. The summed E-state index contributed by atoms with van der Waals surface area (Å²) in [7, 11) is 1.59. The molecule has 1 amide bonds. The number of pyridine rings is 2. The van der Waals surface area contributed by atoms with Gasteiger partial charge in [0.1, 0.15) is 11.6 Å². The van der Waals surface area contributed by atoms with Crippen molar-refractivity contribution in [1.29, 1.82) is 0 Å². The molecule has 7 nitrogen and oxygen atoms in total. The molecule has 0 saturated carbocycles. The predicted molar refractivity (Wildman–Crippen MR) is 128 cm³/mol. The van der Waals surface area contributed by atoms with Crippen LogP contribution in [0.25, 0.3) is 16.5 Å². The summed E-state index contributed by atoms with van der Waals surface area (Å²) in [5.41, 5.74) is 0.994. The number of carbonyl (C=O) groups excluding carboxylic acids is 1. The third kappa shape index (κ3) is 3.93. The lowest BCUT2D eigenvalue weighted by Gasteiger charge is -2.35. The van der Waals surface area contributed by atoms with Crippen molar-refractivity contribution in [3.8, 4) is 11.4 Å². The van der Waals surface area contributed by atoms with Gasteiger partial charge in [-0.2, -0.15) is 0 Å². The van der Waals surface area contributed by atoms with E-state index < -0.39 is 0 Å². The van der Waals surface area contributed by atoms with Gasteiger partial charge in [0.15, 0.2) is 0 Å². The van der Waals surface area contributed by atoms with Gasteiger partial charge in [0.2, 0.25) is 0 Å². The molecule has 1 fully saturated rings. The molecule has 2 aromatic carbocycles. The first kappa shape index (κ1) is 20.8. The molecule has 33 heavy (non-hydrogen) atoms. The minimum Gasteiger partial charge on any atom is -0.497 e. The van der Waals surface area contributed by atoms with Gasteiger partial charge in [0, 0.05) is 55.4 Å². The number of nitrogens with zero attached hydrogens (tertiary/aromatic N) is 4. The average Bonchev–Trinajstić information content (AvgIpc) is 2.89. The van der Waals surface area contributed by atoms with Crippen LogP contribution in [-0.2, 0) is 0 Å². The number of anilines is 1. The van der Waals surface area contributed by atoms with Gasteiger partial charge in [-0.15, -0.1) is 0 Å². The van der Waals surface area contributed by atoms with Gasteiger partial charge in [0.05, 0.1) is 18.4 Å². The van der Waals surface area contributed by atoms with E-state index in [4.69, 9.17) is 4.74 Å². The summed E-state index contributed by atoms with van der Waals surface area (Å²) in [4.78, 5) is 35.3. The van der Waals surface area contributed by atoms with Crippen LogP contribution >= 0.6 is 0 Å². The largest absolute Gasteiger partial charge is 0.497 e. The lowest BCUT2D eigenvalue weighted by molar-refractivity contribution is 0.0748. The summed E-state index contributed by atoms with van der Waals surface area (Å²) in [6, 6.07) is 20.4. The number of ether oxygens (including phenoxy) is 1. The van der Waals surface area contributed by atoms with Crippen LogP contribution in [0.15, 0.2) is 83.9 Å². The quantitative estimate of drug-likeness (QED) is 0.487. The SMILES string of the molecule is COc1cccc(-n2cc(C(=O)N3CCN(c4ccccn4)CC3)c3ccccc3c2=O)c1. The van der Waals surface area contributed by atoms with E-state index in [0.717, 1.165) is 5.82 Å². The summed E-state index contributed by atoms with van der Waals surface area (Å²) in [5.74, 6) is 1.48. The van der Waals surface area contributed by atoms with Crippen LogP contribution in [0.5, 0.6) is 5.75 Å². The number of amides is 1. The fraction of sp³-hybridized carbons (Fsp3) is 0.192. The van der Waals surface area contributed by atoms with Crippen LogP contribution in [0, 0.1) is 0 Å². The molecule has 0 aliphatic carbocycles. The number of carbonyl (C=O) groups is 1. The van der Waals surface area contributed by atoms with Crippen LogP contribution in [-0.4, -0.2) is 53.6 Å². The summed E-state index contributed by atoms with van der Waals surface area (Å²) in [5, 5.41) is 1.18. The van der Waals surface area contributed by atoms with Crippen LogP contribution in [0.4, 0.5) is 5.82 Å². The van der Waals surface area contributed by atoms with E-state index >= 15 is 0 Å². The summed E-state index contributed by atoms with van der Waals surface area (Å²) < 4.78 is 6.85. The minimum absolute atomic E-state index is 0.0801. The van der Waals surface area contributed by atoms with Crippen LogP contribution in [0.1, 0.15) is 10.4 Å². The Morgan fingerprint density at radius 3 is 2.39 bits per heavy atom. The van der Waals surface area contributed by atoms with Crippen LogP contribution in [0.2, 0.25) is 0 Å². The second kappa shape index (κ2) is 8.78. The van der Waals surface area contributed by atoms with Gasteiger partial charge >= 0.3 is 0 Å². The number of hydrogen-bond donors (Lipinski definition) is 0. The Labute approximate surface area is 191 Å². The normalized spacial score (nSPS) is 13.8. The van der Waals surface area contributed by atoms with Crippen molar-refractivity contribution in [1.82, 2.24) is 14.5 Å². The highest BCUT2D eigenvalue weighted by molar-refractivity contribution is 6.06. The van der Waals surface area contributed by atoms with Gasteiger partial charge in [-0.1, -0.05) is 30.3 Å². The van der Waals surface area contributed by atoms with Crippen molar-refractivity contribution in [2.75, 3.05) is 38.2 Å². The Kier molecular flexibility index (Phi) is 5.52. The fourth-order valence-electron chi connectivity index (χ4n) is 4.26. The molecule has 0 unspecified atom stereocenters. The number of piperazine rings is 1. The molecule has 2 aromatic heterocycles. The number of aromatic nitrogens is 2. The highest BCUT2D eigenvalue weighted by Gasteiger charge is 2.25. The molecule has 166 valence electrons. The van der Waals surface area contributed by atoms with E-state index in [1.807, 2.05) is 59.5 Å². The zero-order chi connectivity index (χ0) is 22.8. The number of methoxy groups -OCH3 is 1. The topological polar surface area (TPSA) is 67.7 Å². The van der Waals surface area contributed by atoms with E-state index in [-0.39, 0.29) is 11.5 Å². The molecule has 0 bridgehead atoms. The molecule has 1 aliphatic heterocycles. The minimum atomic E-state index is -0.171. The Morgan fingerprint density at radius 1 is 0.909 bits per heavy atom. The first-order chi connectivity index (χ1) is 16.2. The van der Waals surface area contributed by atoms with Crippen molar-refractivity contribution >= 4 is 22.5 Å². The third-order valence-corrected chi connectivity index (χ3v) is 6.03. The zero-order valence-electron chi connectivity index (χ0n) is 18.3. The second-order valence-electron chi connectivity index (χ2n) is 7.93. The molecule has 1 aliphatic rings. The lowest BCUT2D eigenvalue weighted by Crippen LogP contribution is -2.49. The van der Waals surface area contributed by atoms with E-state index in [0.29, 0.717) is 54.0 Å². The average molecular weight is 441 g/mol. The monoisotopic (exact) mass is 440 g/mol. The number of rotatable bonds is 4. The molecule has 0 radical (unpaired) electrons. The summed E-state index contributed by atoms with van der Waals surface area (Å²) >= 11 is 0. The molecule has 5 rings (SSSR count). The second-order valence-corrected chi connectivity index (χ2v) is 7.93. The zero-order valence-corrected chi connectivity index (χ0v) is 18.3. The van der Waals surface area contributed by atoms with Gasteiger partial charge in [-0.25, -0.2) is 4.98 Å². The van der Waals surface area contributed by atoms with Gasteiger partial charge in [-0.05, 0) is 30.3 Å². The number of fused-ring (bicyclic) bond motifs is 1. The molecule has 1 saturated heterocycles. The maximum atomic E-state index is 13.6. The Balaban J connectivity index is 1.50. The van der Waals surface area contributed by atoms with Gasteiger partial charge in [0.25, 0.3) is 11.5 Å². The predicted octanol–water partition coefficient (Wildman–Crippen LogP) is 3.36. The summed E-state index contributed by atoms with van der Waals surface area (Å²) in [6.45, 7) is 2.58. The standard InChI is InChI=1S/C26H24N4O3/c1-33-20-8-6-7-19(17-20)30-18-23(21-9-2-3-10-22(21)26(30)32)25(31)29-15-13-28(14-16-29)24-11-4-5-12-27-24/h2-12,17-18H,13-16H2,1H3. The third-order valence-electron chi connectivity index (χ3n) is 6.03. The van der Waals surface area contributed by atoms with Crippen LogP contribution in [0.3, 0.4) is 0 Å². The van der Waals surface area contributed by atoms with Gasteiger partial charge in [-0.3, -0.25) is 14.2 Å². The number of benzene rings is 2. The maximum Gasteiger partial charge on any atom is 0.262 e. The highest BCUT2D eigenvalue weighted by atomic mass is 16.5. The molecule has 0 atom stereocenters. The maximum absolute atomic E-state index is 13.6. The molecule has 0 spiro atoms.